The van der Waals surface area contributed by atoms with Crippen LogP contribution in [0, 0.1) is 6.92 Å². The lowest BCUT2D eigenvalue weighted by Gasteiger charge is -2.33. The molecule has 0 atom stereocenters. The molecule has 1 aliphatic heterocycles. The highest BCUT2D eigenvalue weighted by atomic mass is 32.1. The molecule has 2 aromatic rings. The molecule has 3 rings (SSSR count). The van der Waals surface area contributed by atoms with E-state index in [4.69, 9.17) is 4.42 Å². The molecule has 0 unspecified atom stereocenters. The largest absolute Gasteiger partial charge is 0.437 e. The Balaban J connectivity index is 1.63. The molecule has 0 radical (unpaired) electrons. The van der Waals surface area contributed by atoms with Crippen molar-refractivity contribution in [3.05, 3.63) is 22.9 Å². The number of aromatic nitrogens is 3. The highest BCUT2D eigenvalue weighted by Gasteiger charge is 2.28. The number of carbonyl (C=O) groups is 1. The summed E-state index contributed by atoms with van der Waals surface area (Å²) in [5.74, 6) is 0.757. The summed E-state index contributed by atoms with van der Waals surface area (Å²) in [6.07, 6.45) is 1.65. The number of hydrogen-bond acceptors (Lipinski definition) is 7. The van der Waals surface area contributed by atoms with E-state index >= 15 is 0 Å². The van der Waals surface area contributed by atoms with E-state index in [1.54, 1.807) is 22.4 Å². The third kappa shape index (κ3) is 3.36. The molecule has 0 N–H and O–H groups in total. The van der Waals surface area contributed by atoms with E-state index < -0.39 is 0 Å². The molecule has 0 bridgehead atoms. The number of piperazine rings is 1. The maximum Gasteiger partial charge on any atom is 0.309 e. The Bertz CT molecular complexity index is 695. The highest BCUT2D eigenvalue weighted by molar-refractivity contribution is 7.15. The van der Waals surface area contributed by atoms with Crippen molar-refractivity contribution in [3.8, 4) is 0 Å². The number of anilines is 1. The van der Waals surface area contributed by atoms with Crippen LogP contribution in [0.5, 0.6) is 0 Å². The summed E-state index contributed by atoms with van der Waals surface area (Å²) >= 11 is 1.58. The second-order valence-corrected chi connectivity index (χ2v) is 7.82. The molecule has 124 valence electrons. The zero-order valence-corrected chi connectivity index (χ0v) is 14.7. The first-order valence-electron chi connectivity index (χ1n) is 7.65. The van der Waals surface area contributed by atoms with Gasteiger partial charge in [0, 0.05) is 31.6 Å². The maximum atomic E-state index is 12.5. The van der Waals surface area contributed by atoms with E-state index in [0.717, 1.165) is 29.0 Å². The molecule has 1 fully saturated rings. The van der Waals surface area contributed by atoms with Crippen molar-refractivity contribution in [2.75, 3.05) is 31.1 Å². The first kappa shape index (κ1) is 15.9. The molecule has 1 aliphatic rings. The molecular weight excluding hydrogens is 314 g/mol. The molecule has 8 heteroatoms. The first-order valence-corrected chi connectivity index (χ1v) is 8.47. The zero-order valence-electron chi connectivity index (χ0n) is 13.9. The quantitative estimate of drug-likeness (QED) is 0.836. The van der Waals surface area contributed by atoms with Gasteiger partial charge >= 0.3 is 5.91 Å². The molecule has 0 aromatic carbocycles. The Morgan fingerprint density at radius 2 is 1.91 bits per heavy atom. The third-order valence-electron chi connectivity index (χ3n) is 3.78. The molecular formula is C15H21N5O2S. The van der Waals surface area contributed by atoms with Crippen LogP contribution in [0.1, 0.15) is 42.2 Å². The molecule has 2 aromatic heterocycles. The minimum absolute atomic E-state index is 0.145. The molecule has 1 saturated heterocycles. The topological polar surface area (TPSA) is 75.4 Å². The molecule has 0 spiro atoms. The molecule has 7 nitrogen and oxygen atoms in total. The standard InChI is InChI=1S/C15H21N5O2S/c1-10-17-18-14(23-10)20-7-5-19(6-8-20)13(21)12-16-9-11(22-12)15(2,3)4/h9H,5-8H2,1-4H3. The number of oxazole rings is 1. The van der Waals surface area contributed by atoms with E-state index in [0.29, 0.717) is 13.1 Å². The average molecular weight is 335 g/mol. The van der Waals surface area contributed by atoms with Gasteiger partial charge in [0.05, 0.1) is 6.20 Å². The Morgan fingerprint density at radius 1 is 1.22 bits per heavy atom. The number of hydrogen-bond donors (Lipinski definition) is 0. The summed E-state index contributed by atoms with van der Waals surface area (Å²) in [6.45, 7) is 10.8. The van der Waals surface area contributed by atoms with Crippen molar-refractivity contribution in [1.29, 1.82) is 0 Å². The monoisotopic (exact) mass is 335 g/mol. The summed E-state index contributed by atoms with van der Waals surface area (Å²) in [5, 5.41) is 10.1. The van der Waals surface area contributed by atoms with Gasteiger partial charge in [-0.1, -0.05) is 32.1 Å². The normalized spacial score (nSPS) is 16.0. The minimum atomic E-state index is -0.153. The van der Waals surface area contributed by atoms with E-state index in [1.165, 1.54) is 0 Å². The fourth-order valence-electron chi connectivity index (χ4n) is 2.37. The Morgan fingerprint density at radius 3 is 2.43 bits per heavy atom. The number of nitrogens with zero attached hydrogens (tertiary/aromatic N) is 5. The van der Waals surface area contributed by atoms with E-state index in [2.05, 4.69) is 20.1 Å². The van der Waals surface area contributed by atoms with E-state index in [1.807, 2.05) is 27.7 Å². The lowest BCUT2D eigenvalue weighted by Crippen LogP contribution is -2.48. The predicted molar refractivity (Wildman–Crippen MR) is 88.0 cm³/mol. The second-order valence-electron chi connectivity index (χ2n) is 6.66. The number of aryl methyl sites for hydroxylation is 1. The molecule has 0 aliphatic carbocycles. The van der Waals surface area contributed by atoms with Gasteiger partial charge in [-0.25, -0.2) is 4.98 Å². The van der Waals surface area contributed by atoms with Gasteiger partial charge in [-0.05, 0) is 6.92 Å². The minimum Gasteiger partial charge on any atom is -0.437 e. The van der Waals surface area contributed by atoms with Crippen LogP contribution in [0.25, 0.3) is 0 Å². The molecule has 23 heavy (non-hydrogen) atoms. The van der Waals surface area contributed by atoms with Gasteiger partial charge in [0.25, 0.3) is 5.89 Å². The maximum absolute atomic E-state index is 12.5. The van der Waals surface area contributed by atoms with Gasteiger partial charge in [-0.15, -0.1) is 10.2 Å². The van der Waals surface area contributed by atoms with Crippen LogP contribution in [0.4, 0.5) is 5.13 Å². The van der Waals surface area contributed by atoms with Crippen LogP contribution in [-0.2, 0) is 5.41 Å². The smallest absolute Gasteiger partial charge is 0.309 e. The van der Waals surface area contributed by atoms with Crippen molar-refractivity contribution < 1.29 is 9.21 Å². The van der Waals surface area contributed by atoms with Gasteiger partial charge in [0.15, 0.2) is 0 Å². The third-order valence-corrected chi connectivity index (χ3v) is 4.68. The molecule has 0 saturated carbocycles. The summed E-state index contributed by atoms with van der Waals surface area (Å²) in [5.41, 5.74) is -0.153. The number of amides is 1. The summed E-state index contributed by atoms with van der Waals surface area (Å²) in [6, 6.07) is 0. The lowest BCUT2D eigenvalue weighted by atomic mass is 9.94. The van der Waals surface area contributed by atoms with Crippen molar-refractivity contribution in [3.63, 3.8) is 0 Å². The van der Waals surface area contributed by atoms with Crippen LogP contribution < -0.4 is 4.90 Å². The summed E-state index contributed by atoms with van der Waals surface area (Å²) in [4.78, 5) is 20.6. The zero-order chi connectivity index (χ0) is 16.6. The van der Waals surface area contributed by atoms with E-state index in [-0.39, 0.29) is 17.2 Å². The Hall–Kier alpha value is -1.96. The van der Waals surface area contributed by atoms with Crippen molar-refractivity contribution >= 4 is 22.4 Å². The van der Waals surface area contributed by atoms with Gasteiger partial charge in [-0.3, -0.25) is 4.79 Å². The predicted octanol–water partition coefficient (Wildman–Crippen LogP) is 2.09. The highest BCUT2D eigenvalue weighted by Crippen LogP contribution is 2.24. The first-order chi connectivity index (χ1) is 10.8. The van der Waals surface area contributed by atoms with Crippen molar-refractivity contribution in [2.24, 2.45) is 0 Å². The van der Waals surface area contributed by atoms with E-state index in [9.17, 15) is 4.79 Å². The van der Waals surface area contributed by atoms with Crippen LogP contribution in [0.3, 0.4) is 0 Å². The van der Waals surface area contributed by atoms with Crippen molar-refractivity contribution in [1.82, 2.24) is 20.1 Å². The second kappa shape index (κ2) is 5.92. The number of rotatable bonds is 2. The lowest BCUT2D eigenvalue weighted by molar-refractivity contribution is 0.0703. The Labute approximate surface area is 139 Å². The molecule has 3 heterocycles. The van der Waals surface area contributed by atoms with Crippen molar-refractivity contribution in [2.45, 2.75) is 33.1 Å². The summed E-state index contributed by atoms with van der Waals surface area (Å²) < 4.78 is 5.64. The van der Waals surface area contributed by atoms with Crippen LogP contribution in [0.15, 0.2) is 10.6 Å². The SMILES string of the molecule is Cc1nnc(N2CCN(C(=O)c3ncc(C(C)(C)C)o3)CC2)s1. The average Bonchev–Trinajstić information content (AvgIpc) is 3.15. The van der Waals surface area contributed by atoms with Crippen LogP contribution >= 0.6 is 11.3 Å². The fraction of sp³-hybridized carbons (Fsp3) is 0.600. The summed E-state index contributed by atoms with van der Waals surface area (Å²) in [7, 11) is 0. The molecule has 1 amide bonds. The van der Waals surface area contributed by atoms with Gasteiger partial charge in [-0.2, -0.15) is 0 Å². The van der Waals surface area contributed by atoms with Gasteiger partial charge in [0.1, 0.15) is 10.8 Å². The van der Waals surface area contributed by atoms with Crippen LogP contribution in [0.2, 0.25) is 0 Å². The van der Waals surface area contributed by atoms with Gasteiger partial charge < -0.3 is 14.2 Å². The number of carbonyl (C=O) groups excluding carboxylic acids is 1. The van der Waals surface area contributed by atoms with Crippen LogP contribution in [-0.4, -0.2) is 52.2 Å². The fourth-order valence-corrected chi connectivity index (χ4v) is 3.11. The Kier molecular flexibility index (Phi) is 4.09. The van der Waals surface area contributed by atoms with Gasteiger partial charge in [0.2, 0.25) is 5.13 Å².